The second-order valence-electron chi connectivity index (χ2n) is 28.4. The summed E-state index contributed by atoms with van der Waals surface area (Å²) in [6.07, 6.45) is 0. The number of thiophene rings is 1. The van der Waals surface area contributed by atoms with Crippen molar-refractivity contribution in [3.63, 3.8) is 0 Å². The average Bonchev–Trinajstić information content (AvgIpc) is 0.954. The summed E-state index contributed by atoms with van der Waals surface area (Å²) in [7, 11) is 0. The minimum absolute atomic E-state index is 0.00270. The van der Waals surface area contributed by atoms with Crippen LogP contribution in [0.2, 0.25) is 0 Å². The van der Waals surface area contributed by atoms with Crippen molar-refractivity contribution in [1.82, 2.24) is 9.13 Å². The molecule has 2 aliphatic heterocycles. The maximum Gasteiger partial charge on any atom is 0.252 e. The van der Waals surface area contributed by atoms with Gasteiger partial charge in [0.2, 0.25) is 0 Å². The minimum Gasteiger partial charge on any atom is -0.310 e. The van der Waals surface area contributed by atoms with Crippen LogP contribution >= 0.6 is 11.3 Å². The van der Waals surface area contributed by atoms with Crippen molar-refractivity contribution in [3.05, 3.63) is 307 Å². The number of hydrogen-bond acceptors (Lipinski definition) is 3. The highest BCUT2D eigenvalue weighted by molar-refractivity contribution is 7.25. The largest absolute Gasteiger partial charge is 0.310 e. The van der Waals surface area contributed by atoms with Crippen molar-refractivity contribution in [2.24, 2.45) is 0 Å². The van der Waals surface area contributed by atoms with E-state index in [4.69, 9.17) is 5.48 Å². The minimum atomic E-state index is -1.60. The van der Waals surface area contributed by atoms with Crippen LogP contribution in [0.4, 0.5) is 34.1 Å². The average molecular weight is 1300 g/mol. The van der Waals surface area contributed by atoms with E-state index in [2.05, 4.69) is 65.8 Å². The van der Waals surface area contributed by atoms with Crippen LogP contribution in [0, 0.1) is 0 Å². The number of nitrogens with zero attached hydrogens (tertiary/aromatic N) is 4. The van der Waals surface area contributed by atoms with Gasteiger partial charge in [-0.2, -0.15) is 0 Å². The van der Waals surface area contributed by atoms with Gasteiger partial charge in [-0.25, -0.2) is 0 Å². The summed E-state index contributed by atoms with van der Waals surface area (Å²) in [6.45, 7) is 17.1. The summed E-state index contributed by atoms with van der Waals surface area (Å²) in [5.74, 6) is 0. The molecule has 16 aromatic rings. The van der Waals surface area contributed by atoms with Crippen molar-refractivity contribution >= 4 is 122 Å². The van der Waals surface area contributed by atoms with Crippen LogP contribution < -0.4 is 26.2 Å². The third kappa shape index (κ3) is 9.39. The first-order valence-corrected chi connectivity index (χ1v) is 33.6. The Labute approximate surface area is 610 Å². The first kappa shape index (κ1) is 40.6. The summed E-state index contributed by atoms with van der Waals surface area (Å²) in [5.41, 5.74) is 5.13. The molecular weight excluding hydrogens is 1200 g/mol. The number of aromatic nitrogens is 2. The summed E-state index contributed by atoms with van der Waals surface area (Å²) in [5, 5.41) is -0.944. The van der Waals surface area contributed by atoms with E-state index in [9.17, 15) is 24.7 Å². The molecule has 0 atom stereocenters. The Hall–Kier alpha value is -10.9. The lowest BCUT2D eigenvalue weighted by atomic mass is 9.33. The number of anilines is 6. The Kier molecular flexibility index (Phi) is 9.25. The molecule has 0 bridgehead atoms. The zero-order valence-electron chi connectivity index (χ0n) is 77.3. The lowest BCUT2D eigenvalue weighted by Gasteiger charge is -2.47. The van der Waals surface area contributed by atoms with E-state index >= 15 is 0 Å². The van der Waals surface area contributed by atoms with E-state index in [1.54, 1.807) is 0 Å². The normalized spacial score (nSPS) is 16.2. The van der Waals surface area contributed by atoms with Crippen molar-refractivity contribution < 1.29 is 30.2 Å². The monoisotopic (exact) mass is 1300 g/mol. The van der Waals surface area contributed by atoms with E-state index in [1.165, 1.54) is 4.57 Å². The van der Waals surface area contributed by atoms with Crippen molar-refractivity contribution in [1.29, 1.82) is 0 Å². The molecule has 2 aliphatic rings. The molecule has 18 rings (SSSR count). The highest BCUT2D eigenvalue weighted by Gasteiger charge is 2.47. The van der Waals surface area contributed by atoms with Crippen LogP contribution in [0.5, 0.6) is 0 Å². The van der Waals surface area contributed by atoms with E-state index in [-0.39, 0.29) is 64.3 Å². The Morgan fingerprint density at radius 1 is 0.347 bits per heavy atom. The van der Waals surface area contributed by atoms with Gasteiger partial charge in [0, 0.05) is 88.0 Å². The van der Waals surface area contributed by atoms with Crippen LogP contribution in [0.1, 0.15) is 109 Å². The molecule has 13 aromatic carbocycles. The zero-order chi connectivity index (χ0) is 85.7. The van der Waals surface area contributed by atoms with E-state index in [0.29, 0.717) is 78.3 Å². The number of para-hydroxylation sites is 3. The molecule has 5 heterocycles. The molecule has 0 spiro atoms. The molecule has 0 amide bonds. The quantitative estimate of drug-likeness (QED) is 0.141. The molecule has 98 heavy (non-hydrogen) atoms. The van der Waals surface area contributed by atoms with Gasteiger partial charge < -0.3 is 18.9 Å². The van der Waals surface area contributed by atoms with E-state index in [1.807, 2.05) is 164 Å². The summed E-state index contributed by atoms with van der Waals surface area (Å²) in [4.78, 5) is 3.85. The zero-order valence-corrected chi connectivity index (χ0v) is 56.1. The van der Waals surface area contributed by atoms with Crippen molar-refractivity contribution in [2.45, 2.75) is 78.6 Å². The number of benzene rings is 13. The van der Waals surface area contributed by atoms with Gasteiger partial charge in [0.05, 0.1) is 58.1 Å². The van der Waals surface area contributed by atoms with Gasteiger partial charge in [0.25, 0.3) is 6.71 Å². The van der Waals surface area contributed by atoms with Gasteiger partial charge in [-0.3, -0.25) is 0 Å². The lowest BCUT2D eigenvalue weighted by molar-refractivity contribution is 0.590. The lowest BCUT2D eigenvalue weighted by Crippen LogP contribution is -2.61. The fourth-order valence-corrected chi connectivity index (χ4v) is 15.6. The third-order valence-electron chi connectivity index (χ3n) is 19.3. The highest BCUT2D eigenvalue weighted by Crippen LogP contribution is 2.56. The number of fused-ring (bicyclic) bond motifs is 12. The molecule has 0 saturated heterocycles. The molecule has 0 radical (unpaired) electrons. The highest BCUT2D eigenvalue weighted by atomic mass is 32.1. The fraction of sp³-hybridized carbons (Fsp3) is 0.130. The topological polar surface area (TPSA) is 16.3 Å². The molecule has 6 heteroatoms. The molecule has 0 aliphatic carbocycles. The van der Waals surface area contributed by atoms with Gasteiger partial charge >= 0.3 is 0 Å². The molecule has 472 valence electrons. The van der Waals surface area contributed by atoms with Crippen molar-refractivity contribution in [2.75, 3.05) is 9.80 Å². The molecule has 0 saturated carbocycles. The first-order valence-electron chi connectivity index (χ1n) is 43.8. The third-order valence-corrected chi connectivity index (χ3v) is 20.4. The van der Waals surface area contributed by atoms with Crippen LogP contribution in [0.3, 0.4) is 0 Å². The molecule has 0 unspecified atom stereocenters. The second kappa shape index (κ2) is 22.3. The van der Waals surface area contributed by atoms with Gasteiger partial charge in [-0.15, -0.1) is 11.3 Å². The number of rotatable bonds is 8. The van der Waals surface area contributed by atoms with Crippen LogP contribution in [0.15, 0.2) is 291 Å². The second-order valence-corrected chi connectivity index (χ2v) is 29.4. The predicted molar refractivity (Wildman–Crippen MR) is 422 cm³/mol. The van der Waals surface area contributed by atoms with Crippen molar-refractivity contribution in [3.8, 4) is 55.9 Å². The molecule has 0 N–H and O–H groups in total. The fourth-order valence-electron chi connectivity index (χ4n) is 14.4. The smallest absolute Gasteiger partial charge is 0.252 e. The molecule has 4 nitrogen and oxygen atoms in total. The van der Waals surface area contributed by atoms with E-state index < -0.39 is 178 Å². The van der Waals surface area contributed by atoms with Gasteiger partial charge in [0.15, 0.2) is 0 Å². The molecular formula is C92H75BN4S. The van der Waals surface area contributed by atoms with Crippen LogP contribution in [-0.4, -0.2) is 15.8 Å². The Morgan fingerprint density at radius 2 is 0.694 bits per heavy atom. The van der Waals surface area contributed by atoms with E-state index in [0.717, 1.165) is 27.0 Å². The molecule has 3 aromatic heterocycles. The Balaban J connectivity index is 1.13. The summed E-state index contributed by atoms with van der Waals surface area (Å²) >= 11 is 0.838. The summed E-state index contributed by atoms with van der Waals surface area (Å²) in [6, 6.07) is 36.8. The predicted octanol–water partition coefficient (Wildman–Crippen LogP) is 23.7. The molecule has 0 fully saturated rings. The maximum absolute atomic E-state index is 11.8. The number of hydrogen-bond donors (Lipinski definition) is 0. The Morgan fingerprint density at radius 3 is 1.10 bits per heavy atom. The van der Waals surface area contributed by atoms with Gasteiger partial charge in [-0.05, 0) is 156 Å². The Bertz CT molecular complexity index is 7050. The first-order chi connectivity index (χ1) is 56.7. The maximum atomic E-state index is 11.8. The van der Waals surface area contributed by atoms with Crippen LogP contribution in [0.25, 0.3) is 109 Å². The summed E-state index contributed by atoms with van der Waals surface area (Å²) < 4.78 is 222. The SMILES string of the molecule is [2H]c1c([2H])c(-n2c3sc4c([2H])c([2H])c([2H])c([2H])c4c3c3c([2H])c([2H])c([2H])c([2H])c32)c([2H])c2c1B1c3c(cc(C(C)(C)C)cc3N(c3c(-c4ccccc4)cc(C(C)(C)C)cc3-c3ccccc3)c3c([2H])c(-n4c5c([2H])c([2H])c([2H])c([2H])c5c5c([2H])c([2H])c([2H])c([2H])c54)c([2H])c([2H])c31)N2c1c(-c2ccccc2)cc(C(C)(C)C)cc1-c1ccccc1. The van der Waals surface area contributed by atoms with Gasteiger partial charge in [0.1, 0.15) is 4.83 Å². The van der Waals surface area contributed by atoms with Gasteiger partial charge in [-0.1, -0.05) is 268 Å². The standard InChI is InChI=1S/C92H75BN4S/c1-90(2,3)62-50-71(58-30-14-10-15-31-58)87(72(51-62)59-32-16-11-17-33-59)96-80-56-65(94-77-42-26-22-38-67(77)68-39-23-27-43-78(68)94)46-48-75(80)93-76-49-47-66(95-79-44-28-24-40-69(79)85-70-41-25-29-45-84(70)98-89(85)95)57-81(76)97(83-55-64(92(7,8)9)54-82(96)86(83)93)88-73(60-34-18-12-19-35-60)52-63(91(4,5)6)53-74(88)61-36-20-13-21-37-61/h10-57H,1-9H3/i22D,23D,24D,25D,26D,27D,28D,29D,38D,39D,40D,41D,42D,43D,44D,45D,46D,47D,48D,49D,56D,57D. The van der Waals surface area contributed by atoms with Crippen LogP contribution in [-0.2, 0) is 16.2 Å².